The van der Waals surface area contributed by atoms with Crippen LogP contribution >= 0.6 is 11.8 Å². The zero-order valence-electron chi connectivity index (χ0n) is 12.6. The summed E-state index contributed by atoms with van der Waals surface area (Å²) in [5, 5.41) is 13.3. The zero-order chi connectivity index (χ0) is 15.0. The van der Waals surface area contributed by atoms with Gasteiger partial charge in [0.05, 0.1) is 12.7 Å². The molecule has 6 nitrogen and oxygen atoms in total. The van der Waals surface area contributed by atoms with Gasteiger partial charge in [0, 0.05) is 11.8 Å². The van der Waals surface area contributed by atoms with Crippen molar-refractivity contribution in [2.75, 3.05) is 18.5 Å². The standard InChI is InChI=1S/C13H24N4O2S/c1-5-7-14-11-15-12(19-8-6-2)17-13(16-11)20-10(4)9(3)18/h9-10,18H,5-8H2,1-4H3,(H,14,15,16,17). The Morgan fingerprint density at radius 3 is 2.55 bits per heavy atom. The van der Waals surface area contributed by atoms with Gasteiger partial charge in [-0.25, -0.2) is 0 Å². The van der Waals surface area contributed by atoms with E-state index in [9.17, 15) is 5.11 Å². The fraction of sp³-hybridized carbons (Fsp3) is 0.769. The topological polar surface area (TPSA) is 80.2 Å². The number of hydrogen-bond donors (Lipinski definition) is 2. The van der Waals surface area contributed by atoms with Gasteiger partial charge in [-0.1, -0.05) is 32.5 Å². The zero-order valence-corrected chi connectivity index (χ0v) is 13.4. The van der Waals surface area contributed by atoms with Gasteiger partial charge in [0.1, 0.15) is 0 Å². The summed E-state index contributed by atoms with van der Waals surface area (Å²) in [6.07, 6.45) is 1.46. The van der Waals surface area contributed by atoms with Crippen molar-refractivity contribution >= 4 is 17.7 Å². The maximum atomic E-state index is 9.56. The van der Waals surface area contributed by atoms with Crippen molar-refractivity contribution in [3.8, 4) is 6.01 Å². The summed E-state index contributed by atoms with van der Waals surface area (Å²) in [7, 11) is 0. The van der Waals surface area contributed by atoms with E-state index >= 15 is 0 Å². The smallest absolute Gasteiger partial charge is 0.322 e. The number of aliphatic hydroxyl groups excluding tert-OH is 1. The summed E-state index contributed by atoms with van der Waals surface area (Å²) in [6.45, 7) is 9.17. The van der Waals surface area contributed by atoms with Crippen molar-refractivity contribution in [1.82, 2.24) is 15.0 Å². The average molecular weight is 300 g/mol. The second-order valence-electron chi connectivity index (χ2n) is 4.56. The predicted octanol–water partition coefficient (Wildman–Crippen LogP) is 2.34. The molecular weight excluding hydrogens is 276 g/mol. The van der Waals surface area contributed by atoms with E-state index < -0.39 is 6.10 Å². The Morgan fingerprint density at radius 1 is 1.20 bits per heavy atom. The van der Waals surface area contributed by atoms with Gasteiger partial charge >= 0.3 is 6.01 Å². The van der Waals surface area contributed by atoms with Crippen molar-refractivity contribution < 1.29 is 9.84 Å². The van der Waals surface area contributed by atoms with Gasteiger partial charge in [-0.15, -0.1) is 0 Å². The monoisotopic (exact) mass is 300 g/mol. The Kier molecular flexibility index (Phi) is 7.61. The van der Waals surface area contributed by atoms with E-state index in [0.717, 1.165) is 19.4 Å². The van der Waals surface area contributed by atoms with Crippen molar-refractivity contribution in [1.29, 1.82) is 0 Å². The molecule has 1 rings (SSSR count). The Hall–Kier alpha value is -1.08. The summed E-state index contributed by atoms with van der Waals surface area (Å²) in [6, 6.07) is 0.334. The molecule has 0 saturated carbocycles. The van der Waals surface area contributed by atoms with E-state index in [2.05, 4.69) is 27.2 Å². The third-order valence-corrected chi connectivity index (χ3v) is 3.69. The minimum atomic E-state index is -0.427. The lowest BCUT2D eigenvalue weighted by atomic mass is 10.3. The maximum absolute atomic E-state index is 9.56. The second-order valence-corrected chi connectivity index (χ2v) is 5.91. The molecule has 0 saturated heterocycles. The SMILES string of the molecule is CCCNc1nc(OCCC)nc(SC(C)C(C)O)n1. The first-order valence-electron chi connectivity index (χ1n) is 7.04. The summed E-state index contributed by atoms with van der Waals surface area (Å²) in [4.78, 5) is 12.8. The van der Waals surface area contributed by atoms with Crippen LogP contribution in [0.1, 0.15) is 40.5 Å². The first-order chi connectivity index (χ1) is 9.56. The molecule has 2 unspecified atom stereocenters. The molecule has 0 radical (unpaired) electrons. The average Bonchev–Trinajstić information content (AvgIpc) is 2.42. The van der Waals surface area contributed by atoms with Gasteiger partial charge in [-0.05, 0) is 19.8 Å². The lowest BCUT2D eigenvalue weighted by Gasteiger charge is -2.14. The lowest BCUT2D eigenvalue weighted by Crippen LogP contribution is -2.16. The van der Waals surface area contributed by atoms with E-state index in [1.807, 2.05) is 13.8 Å². The molecule has 1 aromatic heterocycles. The van der Waals surface area contributed by atoms with Crippen LogP contribution in [-0.2, 0) is 0 Å². The summed E-state index contributed by atoms with van der Waals surface area (Å²) >= 11 is 1.41. The molecule has 114 valence electrons. The van der Waals surface area contributed by atoms with Crippen LogP contribution in [-0.4, -0.2) is 44.6 Å². The predicted molar refractivity (Wildman–Crippen MR) is 81.4 cm³/mol. The van der Waals surface area contributed by atoms with Gasteiger partial charge < -0.3 is 15.2 Å². The molecule has 0 spiro atoms. The second kappa shape index (κ2) is 8.97. The van der Waals surface area contributed by atoms with Crippen LogP contribution in [0.25, 0.3) is 0 Å². The van der Waals surface area contributed by atoms with Crippen molar-refractivity contribution in [3.63, 3.8) is 0 Å². The summed E-state index contributed by atoms with van der Waals surface area (Å²) in [5.74, 6) is 0.522. The number of anilines is 1. The van der Waals surface area contributed by atoms with Crippen LogP contribution in [0.5, 0.6) is 6.01 Å². The number of rotatable bonds is 9. The molecule has 2 atom stereocenters. The quantitative estimate of drug-likeness (QED) is 0.677. The normalized spacial score (nSPS) is 13.8. The Balaban J connectivity index is 2.84. The van der Waals surface area contributed by atoms with E-state index in [1.54, 1.807) is 6.92 Å². The highest BCUT2D eigenvalue weighted by Gasteiger charge is 2.15. The van der Waals surface area contributed by atoms with E-state index in [-0.39, 0.29) is 5.25 Å². The number of thioether (sulfide) groups is 1. The van der Waals surface area contributed by atoms with Crippen molar-refractivity contribution in [3.05, 3.63) is 0 Å². The van der Waals surface area contributed by atoms with E-state index in [1.165, 1.54) is 11.8 Å². The third kappa shape index (κ3) is 5.92. The van der Waals surface area contributed by atoms with Gasteiger partial charge in [0.25, 0.3) is 0 Å². The molecule has 0 bridgehead atoms. The molecule has 1 aromatic rings. The molecule has 0 aliphatic heterocycles. The fourth-order valence-electron chi connectivity index (χ4n) is 1.23. The minimum Gasteiger partial charge on any atom is -0.463 e. The van der Waals surface area contributed by atoms with Crippen LogP contribution in [0.4, 0.5) is 5.95 Å². The first-order valence-corrected chi connectivity index (χ1v) is 7.92. The minimum absolute atomic E-state index is 0.00968. The molecule has 0 aromatic carbocycles. The highest BCUT2D eigenvalue weighted by atomic mass is 32.2. The molecule has 0 fully saturated rings. The summed E-state index contributed by atoms with van der Waals surface area (Å²) in [5.41, 5.74) is 0. The highest BCUT2D eigenvalue weighted by Crippen LogP contribution is 2.24. The van der Waals surface area contributed by atoms with Gasteiger partial charge in [-0.3, -0.25) is 0 Å². The third-order valence-electron chi connectivity index (χ3n) is 2.53. The van der Waals surface area contributed by atoms with Crippen LogP contribution < -0.4 is 10.1 Å². The molecule has 2 N–H and O–H groups in total. The van der Waals surface area contributed by atoms with Crippen molar-refractivity contribution in [2.24, 2.45) is 0 Å². The molecule has 20 heavy (non-hydrogen) atoms. The summed E-state index contributed by atoms with van der Waals surface area (Å²) < 4.78 is 5.48. The highest BCUT2D eigenvalue weighted by molar-refractivity contribution is 7.99. The number of hydrogen-bond acceptors (Lipinski definition) is 7. The molecule has 0 aliphatic carbocycles. The van der Waals surface area contributed by atoms with Gasteiger partial charge in [0.2, 0.25) is 5.95 Å². The first kappa shape index (κ1) is 17.0. The number of nitrogens with one attached hydrogen (secondary N) is 1. The van der Waals surface area contributed by atoms with Crippen LogP contribution in [0, 0.1) is 0 Å². The molecule has 7 heteroatoms. The van der Waals surface area contributed by atoms with Crippen molar-refractivity contribution in [2.45, 2.75) is 57.0 Å². The number of aliphatic hydroxyl groups is 1. The van der Waals surface area contributed by atoms with Gasteiger partial charge in [0.15, 0.2) is 5.16 Å². The number of ether oxygens (including phenoxy) is 1. The Bertz CT molecular complexity index is 378. The van der Waals surface area contributed by atoms with Crippen LogP contribution in [0.2, 0.25) is 0 Å². The number of nitrogens with zero attached hydrogens (tertiary/aromatic N) is 3. The van der Waals surface area contributed by atoms with Crippen LogP contribution in [0.3, 0.4) is 0 Å². The van der Waals surface area contributed by atoms with Crippen LogP contribution in [0.15, 0.2) is 5.16 Å². The van der Waals surface area contributed by atoms with E-state index in [4.69, 9.17) is 4.74 Å². The maximum Gasteiger partial charge on any atom is 0.322 e. The Labute approximate surface area is 124 Å². The van der Waals surface area contributed by atoms with Gasteiger partial charge in [-0.2, -0.15) is 15.0 Å². The largest absolute Gasteiger partial charge is 0.463 e. The fourth-order valence-corrected chi connectivity index (χ4v) is 2.03. The molecule has 0 amide bonds. The molecule has 1 heterocycles. The number of aromatic nitrogens is 3. The lowest BCUT2D eigenvalue weighted by molar-refractivity contribution is 0.196. The van der Waals surface area contributed by atoms with E-state index in [0.29, 0.717) is 23.7 Å². The Morgan fingerprint density at radius 2 is 1.95 bits per heavy atom. The molecular formula is C13H24N4O2S. The molecule has 0 aliphatic rings.